The second-order valence-corrected chi connectivity index (χ2v) is 8.21. The molecule has 1 amide bonds. The predicted octanol–water partition coefficient (Wildman–Crippen LogP) is 4.58. The number of alkyl carbamates (subject to hydrolysis) is 1. The smallest absolute Gasteiger partial charge is 0.408 e. The lowest BCUT2D eigenvalue weighted by atomic mass is 10.1. The van der Waals surface area contributed by atoms with Crippen LogP contribution in [0.2, 0.25) is 0 Å². The fraction of sp³-hybridized carbons (Fsp3) is 0.462. The third-order valence-corrected chi connectivity index (χ3v) is 3.54. The third kappa shape index (κ3) is 5.14. The lowest BCUT2D eigenvalue weighted by molar-refractivity contribution is 0.0503. The first-order valence-corrected chi connectivity index (χ1v) is 7.43. The number of alkyl halides is 1. The highest BCUT2D eigenvalue weighted by molar-refractivity contribution is 14.1. The first-order chi connectivity index (χ1) is 8.10. The van der Waals surface area contributed by atoms with E-state index in [0.717, 1.165) is 10.0 Å². The normalized spacial score (nSPS) is 14.8. The molecule has 0 aliphatic rings. The minimum atomic E-state index is -0.499. The fourth-order valence-electron chi connectivity index (χ4n) is 1.33. The maximum atomic E-state index is 11.8. The maximum Gasteiger partial charge on any atom is 0.408 e. The Morgan fingerprint density at radius 2 is 1.72 bits per heavy atom. The SMILES string of the molecule is CC(C)(C)OC(=O)N[C@](C)(I)c1ccc(Br)cc1. The molecular formula is C13H17BrINO2. The van der Waals surface area contributed by atoms with Crippen LogP contribution in [0.5, 0.6) is 0 Å². The number of rotatable bonds is 2. The molecule has 0 bridgehead atoms. The molecule has 0 heterocycles. The van der Waals surface area contributed by atoms with E-state index < -0.39 is 15.2 Å². The van der Waals surface area contributed by atoms with Gasteiger partial charge in [-0.3, -0.25) is 0 Å². The topological polar surface area (TPSA) is 38.3 Å². The van der Waals surface area contributed by atoms with E-state index in [0.29, 0.717) is 0 Å². The van der Waals surface area contributed by atoms with Crippen molar-refractivity contribution in [2.24, 2.45) is 0 Å². The largest absolute Gasteiger partial charge is 0.444 e. The number of nitrogens with one attached hydrogen (secondary N) is 1. The van der Waals surface area contributed by atoms with Gasteiger partial charge in [0.25, 0.3) is 0 Å². The van der Waals surface area contributed by atoms with Gasteiger partial charge < -0.3 is 10.1 Å². The lowest BCUT2D eigenvalue weighted by Crippen LogP contribution is -2.41. The van der Waals surface area contributed by atoms with Crippen molar-refractivity contribution in [3.8, 4) is 0 Å². The van der Waals surface area contributed by atoms with Crippen molar-refractivity contribution in [3.05, 3.63) is 34.3 Å². The molecule has 0 unspecified atom stereocenters. The number of carbonyl (C=O) groups excluding carboxylic acids is 1. The van der Waals surface area contributed by atoms with E-state index in [-0.39, 0.29) is 0 Å². The van der Waals surface area contributed by atoms with Crippen LogP contribution in [-0.2, 0) is 8.28 Å². The van der Waals surface area contributed by atoms with Gasteiger partial charge in [-0.1, -0.05) is 28.1 Å². The van der Waals surface area contributed by atoms with Gasteiger partial charge in [0.15, 0.2) is 0 Å². The van der Waals surface area contributed by atoms with E-state index in [1.807, 2.05) is 52.0 Å². The molecule has 1 aromatic carbocycles. The molecule has 5 heteroatoms. The third-order valence-electron chi connectivity index (χ3n) is 2.12. The summed E-state index contributed by atoms with van der Waals surface area (Å²) in [6, 6.07) is 7.83. The Morgan fingerprint density at radius 1 is 1.22 bits per heavy atom. The highest BCUT2D eigenvalue weighted by Crippen LogP contribution is 2.29. The Labute approximate surface area is 130 Å². The zero-order valence-corrected chi connectivity index (χ0v) is 14.6. The van der Waals surface area contributed by atoms with Crippen molar-refractivity contribution >= 4 is 44.6 Å². The Morgan fingerprint density at radius 3 is 2.17 bits per heavy atom. The van der Waals surface area contributed by atoms with Gasteiger partial charge in [-0.05, 0) is 68.0 Å². The molecule has 0 fully saturated rings. The summed E-state index contributed by atoms with van der Waals surface area (Å²) in [4.78, 5) is 11.8. The number of halogens is 2. The quantitative estimate of drug-likeness (QED) is 0.427. The van der Waals surface area contributed by atoms with Crippen LogP contribution < -0.4 is 5.32 Å². The molecule has 0 saturated heterocycles. The summed E-state index contributed by atoms with van der Waals surface area (Å²) in [5.41, 5.74) is 0.522. The van der Waals surface area contributed by atoms with Crippen molar-refractivity contribution < 1.29 is 9.53 Å². The zero-order valence-electron chi connectivity index (χ0n) is 10.9. The summed E-state index contributed by atoms with van der Waals surface area (Å²) in [5, 5.41) is 2.86. The summed E-state index contributed by atoms with van der Waals surface area (Å²) in [7, 11) is 0. The summed E-state index contributed by atoms with van der Waals surface area (Å²) < 4.78 is 5.77. The van der Waals surface area contributed by atoms with Gasteiger partial charge >= 0.3 is 6.09 Å². The second-order valence-electron chi connectivity index (χ2n) is 5.14. The molecule has 1 N–H and O–H groups in total. The first kappa shape index (κ1) is 15.8. The fourth-order valence-corrected chi connectivity index (χ4v) is 2.17. The molecule has 0 radical (unpaired) electrons. The van der Waals surface area contributed by atoms with Crippen LogP contribution in [0.15, 0.2) is 28.7 Å². The molecule has 1 rings (SSSR count). The number of benzene rings is 1. The summed E-state index contributed by atoms with van der Waals surface area (Å²) >= 11 is 5.58. The van der Waals surface area contributed by atoms with Crippen molar-refractivity contribution in [2.75, 3.05) is 0 Å². The van der Waals surface area contributed by atoms with Crippen LogP contribution >= 0.6 is 38.5 Å². The number of hydrogen-bond acceptors (Lipinski definition) is 2. The molecular weight excluding hydrogens is 409 g/mol. The molecule has 100 valence electrons. The van der Waals surface area contributed by atoms with Gasteiger partial charge in [-0.25, -0.2) is 4.79 Å². The van der Waals surface area contributed by atoms with E-state index in [1.54, 1.807) is 0 Å². The maximum absolute atomic E-state index is 11.8. The van der Waals surface area contributed by atoms with Crippen LogP contribution in [0, 0.1) is 0 Å². The van der Waals surface area contributed by atoms with Crippen LogP contribution in [-0.4, -0.2) is 11.7 Å². The Bertz CT molecular complexity index is 424. The average molecular weight is 426 g/mol. The lowest BCUT2D eigenvalue weighted by Gasteiger charge is -2.27. The molecule has 0 aliphatic heterocycles. The Kier molecular flexibility index (Phi) is 5.05. The molecule has 0 spiro atoms. The highest BCUT2D eigenvalue weighted by Gasteiger charge is 2.27. The van der Waals surface area contributed by atoms with Gasteiger partial charge in [-0.15, -0.1) is 0 Å². The van der Waals surface area contributed by atoms with E-state index in [1.165, 1.54) is 0 Å². The molecule has 0 aromatic heterocycles. The number of amides is 1. The second kappa shape index (κ2) is 5.77. The van der Waals surface area contributed by atoms with Crippen LogP contribution in [0.1, 0.15) is 33.3 Å². The van der Waals surface area contributed by atoms with Gasteiger partial charge in [-0.2, -0.15) is 0 Å². The van der Waals surface area contributed by atoms with E-state index in [2.05, 4.69) is 43.8 Å². The van der Waals surface area contributed by atoms with Crippen molar-refractivity contribution in [1.29, 1.82) is 0 Å². The van der Waals surface area contributed by atoms with Gasteiger partial charge in [0.05, 0.1) is 0 Å². The van der Waals surface area contributed by atoms with Crippen molar-refractivity contribution in [1.82, 2.24) is 5.32 Å². The standard InChI is InChI=1S/C13H17BrINO2/c1-12(2,3)18-11(17)16-13(4,15)9-5-7-10(14)8-6-9/h5-8H,1-4H3,(H,16,17)/t13-/m0/s1. The molecule has 0 aliphatic carbocycles. The Hall–Kier alpha value is -0.300. The van der Waals surface area contributed by atoms with E-state index in [4.69, 9.17) is 4.74 Å². The molecule has 3 nitrogen and oxygen atoms in total. The minimum Gasteiger partial charge on any atom is -0.444 e. The number of hydrogen-bond donors (Lipinski definition) is 1. The molecule has 0 saturated carbocycles. The predicted molar refractivity (Wildman–Crippen MR) is 84.9 cm³/mol. The van der Waals surface area contributed by atoms with Crippen molar-refractivity contribution in [3.63, 3.8) is 0 Å². The van der Waals surface area contributed by atoms with Gasteiger partial charge in [0.2, 0.25) is 0 Å². The zero-order chi connectivity index (χ0) is 14.0. The highest BCUT2D eigenvalue weighted by atomic mass is 127. The average Bonchev–Trinajstić information content (AvgIpc) is 2.13. The van der Waals surface area contributed by atoms with Gasteiger partial charge in [0.1, 0.15) is 9.15 Å². The van der Waals surface area contributed by atoms with Crippen molar-refractivity contribution in [2.45, 2.75) is 36.8 Å². The van der Waals surface area contributed by atoms with Crippen LogP contribution in [0.3, 0.4) is 0 Å². The van der Waals surface area contributed by atoms with E-state index in [9.17, 15) is 4.79 Å². The van der Waals surface area contributed by atoms with Crippen LogP contribution in [0.4, 0.5) is 4.79 Å². The molecule has 1 atom stereocenters. The number of carbonyl (C=O) groups is 1. The van der Waals surface area contributed by atoms with Crippen LogP contribution in [0.25, 0.3) is 0 Å². The minimum absolute atomic E-state index is 0.415. The summed E-state index contributed by atoms with van der Waals surface area (Å²) in [5.74, 6) is 0. The monoisotopic (exact) mass is 425 g/mol. The number of ether oxygens (including phenoxy) is 1. The first-order valence-electron chi connectivity index (χ1n) is 5.56. The summed E-state index contributed by atoms with van der Waals surface area (Å²) in [6.45, 7) is 7.46. The molecule has 18 heavy (non-hydrogen) atoms. The van der Waals surface area contributed by atoms with E-state index >= 15 is 0 Å². The Balaban J connectivity index is 2.75. The van der Waals surface area contributed by atoms with Gasteiger partial charge in [0, 0.05) is 4.47 Å². The molecule has 1 aromatic rings. The summed E-state index contributed by atoms with van der Waals surface area (Å²) in [6.07, 6.45) is -0.415.